The number of aliphatic carboxylic acids is 1. The molecule has 27 heavy (non-hydrogen) atoms. The minimum absolute atomic E-state index is 0.0732. The van der Waals surface area contributed by atoms with Gasteiger partial charge in [-0.2, -0.15) is 5.10 Å². The smallest absolute Gasteiger partial charge is 0.341 e. The molecule has 1 amide bonds. The lowest BCUT2D eigenvalue weighted by molar-refractivity contribution is -0.139. The number of nitrogens with one attached hydrogen (secondary N) is 1. The Balaban J connectivity index is 1.96. The molecule has 0 saturated heterocycles. The van der Waals surface area contributed by atoms with Gasteiger partial charge in [0.1, 0.15) is 5.82 Å². The predicted molar refractivity (Wildman–Crippen MR) is 96.6 cm³/mol. The molecule has 0 unspecified atom stereocenters. The second-order valence-electron chi connectivity index (χ2n) is 5.42. The maximum Gasteiger partial charge on any atom is 0.341 e. The second kappa shape index (κ2) is 9.91. The summed E-state index contributed by atoms with van der Waals surface area (Å²) in [6.45, 7) is 1.68. The molecule has 2 aromatic rings. The molecule has 8 heteroatoms. The van der Waals surface area contributed by atoms with Crippen LogP contribution in [-0.2, 0) is 16.0 Å². The molecule has 0 atom stereocenters. The minimum atomic E-state index is -1.09. The first kappa shape index (κ1) is 19.9. The topological polar surface area (TPSA) is 97.2 Å². The standard InChI is InChI=1S/C19H19FN2O5/c1-2-26-17-9-14(5-8-16(17)27-12-19(24)25)11-21-22-18(23)10-13-3-6-15(20)7-4-13/h3-9,11H,2,10,12H2,1H3,(H,22,23)(H,24,25)/b21-11+. The van der Waals surface area contributed by atoms with E-state index in [1.807, 2.05) is 0 Å². The molecule has 2 aromatic carbocycles. The van der Waals surface area contributed by atoms with Gasteiger partial charge in [0.05, 0.1) is 19.2 Å². The number of carboxylic acids is 1. The molecular formula is C19H19FN2O5. The summed E-state index contributed by atoms with van der Waals surface area (Å²) in [6, 6.07) is 10.5. The van der Waals surface area contributed by atoms with Gasteiger partial charge in [0.25, 0.3) is 0 Å². The number of rotatable bonds is 9. The largest absolute Gasteiger partial charge is 0.490 e. The van der Waals surface area contributed by atoms with Gasteiger partial charge < -0.3 is 14.6 Å². The minimum Gasteiger partial charge on any atom is -0.490 e. The zero-order chi connectivity index (χ0) is 19.6. The van der Waals surface area contributed by atoms with Crippen LogP contribution in [0.25, 0.3) is 0 Å². The van der Waals surface area contributed by atoms with Crippen LogP contribution in [0.15, 0.2) is 47.6 Å². The lowest BCUT2D eigenvalue weighted by atomic mass is 10.1. The fourth-order valence-electron chi connectivity index (χ4n) is 2.14. The number of ether oxygens (including phenoxy) is 2. The lowest BCUT2D eigenvalue weighted by Crippen LogP contribution is -2.19. The van der Waals surface area contributed by atoms with E-state index in [0.29, 0.717) is 29.2 Å². The van der Waals surface area contributed by atoms with Gasteiger partial charge in [-0.1, -0.05) is 12.1 Å². The van der Waals surface area contributed by atoms with Crippen molar-refractivity contribution in [2.24, 2.45) is 5.10 Å². The zero-order valence-corrected chi connectivity index (χ0v) is 14.6. The van der Waals surface area contributed by atoms with E-state index in [9.17, 15) is 14.0 Å². The first-order chi connectivity index (χ1) is 13.0. The predicted octanol–water partition coefficient (Wildman–Crippen LogP) is 2.38. The highest BCUT2D eigenvalue weighted by Crippen LogP contribution is 2.28. The van der Waals surface area contributed by atoms with Crippen LogP contribution in [-0.4, -0.2) is 36.4 Å². The van der Waals surface area contributed by atoms with E-state index in [1.165, 1.54) is 30.5 Å². The summed E-state index contributed by atoms with van der Waals surface area (Å²) in [7, 11) is 0. The average molecular weight is 374 g/mol. The number of hydrogen-bond acceptors (Lipinski definition) is 5. The van der Waals surface area contributed by atoms with Crippen molar-refractivity contribution in [3.05, 3.63) is 59.4 Å². The van der Waals surface area contributed by atoms with Crippen LogP contribution in [0.5, 0.6) is 11.5 Å². The molecule has 0 aliphatic heterocycles. The maximum atomic E-state index is 12.8. The van der Waals surface area contributed by atoms with Gasteiger partial charge in [-0.25, -0.2) is 14.6 Å². The Bertz CT molecular complexity index is 821. The summed E-state index contributed by atoms with van der Waals surface area (Å²) in [5, 5.41) is 12.6. The molecule has 0 aromatic heterocycles. The third kappa shape index (κ3) is 6.77. The highest BCUT2D eigenvalue weighted by Gasteiger charge is 2.08. The van der Waals surface area contributed by atoms with Crippen LogP contribution in [0.1, 0.15) is 18.1 Å². The Morgan fingerprint density at radius 1 is 1.15 bits per heavy atom. The summed E-state index contributed by atoms with van der Waals surface area (Å²) in [5.74, 6) is -1.12. The van der Waals surface area contributed by atoms with E-state index in [1.54, 1.807) is 25.1 Å². The van der Waals surface area contributed by atoms with Gasteiger partial charge in [0.2, 0.25) is 5.91 Å². The van der Waals surface area contributed by atoms with Crippen molar-refractivity contribution >= 4 is 18.1 Å². The normalized spacial score (nSPS) is 10.6. The number of carbonyl (C=O) groups is 2. The number of hydrazone groups is 1. The molecular weight excluding hydrogens is 355 g/mol. The van der Waals surface area contributed by atoms with Gasteiger partial charge in [0.15, 0.2) is 18.1 Å². The molecule has 0 saturated carbocycles. The zero-order valence-electron chi connectivity index (χ0n) is 14.6. The number of halogens is 1. The molecule has 0 fully saturated rings. The number of amides is 1. The molecule has 0 heterocycles. The average Bonchev–Trinajstić information content (AvgIpc) is 2.63. The van der Waals surface area contributed by atoms with E-state index < -0.39 is 12.6 Å². The number of hydrogen-bond donors (Lipinski definition) is 2. The molecule has 0 bridgehead atoms. The molecule has 0 aliphatic rings. The Kier molecular flexibility index (Phi) is 7.30. The van der Waals surface area contributed by atoms with E-state index >= 15 is 0 Å². The molecule has 142 valence electrons. The van der Waals surface area contributed by atoms with Gasteiger partial charge in [-0.05, 0) is 48.4 Å². The fraction of sp³-hybridized carbons (Fsp3) is 0.211. The first-order valence-electron chi connectivity index (χ1n) is 8.15. The van der Waals surface area contributed by atoms with Crippen LogP contribution in [0, 0.1) is 5.82 Å². The SMILES string of the molecule is CCOc1cc(/C=N/NC(=O)Cc2ccc(F)cc2)ccc1OCC(=O)O. The third-order valence-electron chi connectivity index (χ3n) is 3.30. The Morgan fingerprint density at radius 2 is 1.89 bits per heavy atom. The quantitative estimate of drug-likeness (QED) is 0.519. The summed E-state index contributed by atoms with van der Waals surface area (Å²) in [4.78, 5) is 22.5. The molecule has 0 aliphatic carbocycles. The van der Waals surface area contributed by atoms with Gasteiger partial charge in [0, 0.05) is 0 Å². The Hall–Kier alpha value is -3.42. The second-order valence-corrected chi connectivity index (χ2v) is 5.42. The lowest BCUT2D eigenvalue weighted by Gasteiger charge is -2.11. The summed E-state index contributed by atoms with van der Waals surface area (Å²) < 4.78 is 23.4. The van der Waals surface area contributed by atoms with Crippen molar-refractivity contribution in [3.63, 3.8) is 0 Å². The van der Waals surface area contributed by atoms with Crippen LogP contribution < -0.4 is 14.9 Å². The van der Waals surface area contributed by atoms with Gasteiger partial charge in [-0.3, -0.25) is 4.79 Å². The Morgan fingerprint density at radius 3 is 2.56 bits per heavy atom. The van der Waals surface area contributed by atoms with Crippen molar-refractivity contribution in [3.8, 4) is 11.5 Å². The summed E-state index contributed by atoms with van der Waals surface area (Å²) >= 11 is 0. The first-order valence-corrected chi connectivity index (χ1v) is 8.15. The molecule has 0 spiro atoms. The van der Waals surface area contributed by atoms with Crippen LogP contribution in [0.3, 0.4) is 0 Å². The van der Waals surface area contributed by atoms with E-state index in [2.05, 4.69) is 10.5 Å². The summed E-state index contributed by atoms with van der Waals surface area (Å²) in [5.41, 5.74) is 3.68. The van der Waals surface area contributed by atoms with Gasteiger partial charge in [-0.15, -0.1) is 0 Å². The van der Waals surface area contributed by atoms with Gasteiger partial charge >= 0.3 is 5.97 Å². The number of benzene rings is 2. The van der Waals surface area contributed by atoms with Crippen LogP contribution in [0.4, 0.5) is 4.39 Å². The number of carboxylic acid groups (broad SMARTS) is 1. The highest BCUT2D eigenvalue weighted by atomic mass is 19.1. The summed E-state index contributed by atoms with van der Waals surface area (Å²) in [6.07, 6.45) is 1.50. The highest BCUT2D eigenvalue weighted by molar-refractivity contribution is 5.84. The van der Waals surface area contributed by atoms with Crippen molar-refractivity contribution < 1.29 is 28.6 Å². The number of carbonyl (C=O) groups excluding carboxylic acids is 1. The number of nitrogens with zero attached hydrogens (tertiary/aromatic N) is 1. The molecule has 2 rings (SSSR count). The van der Waals surface area contributed by atoms with Crippen molar-refractivity contribution in [1.29, 1.82) is 0 Å². The third-order valence-corrected chi connectivity index (χ3v) is 3.30. The van der Waals surface area contributed by atoms with Crippen LogP contribution in [0.2, 0.25) is 0 Å². The fourth-order valence-corrected chi connectivity index (χ4v) is 2.14. The van der Waals surface area contributed by atoms with Crippen LogP contribution >= 0.6 is 0 Å². The monoisotopic (exact) mass is 374 g/mol. The van der Waals surface area contributed by atoms with Crippen molar-refractivity contribution in [2.45, 2.75) is 13.3 Å². The van der Waals surface area contributed by atoms with E-state index in [-0.39, 0.29) is 18.1 Å². The van der Waals surface area contributed by atoms with E-state index in [4.69, 9.17) is 14.6 Å². The molecule has 7 nitrogen and oxygen atoms in total. The maximum absolute atomic E-state index is 12.8. The van der Waals surface area contributed by atoms with E-state index in [0.717, 1.165) is 0 Å². The van der Waals surface area contributed by atoms with Crippen molar-refractivity contribution in [2.75, 3.05) is 13.2 Å². The molecule has 2 N–H and O–H groups in total. The van der Waals surface area contributed by atoms with Crippen molar-refractivity contribution in [1.82, 2.24) is 5.43 Å². The Labute approximate surface area is 155 Å². The molecule has 0 radical (unpaired) electrons.